The quantitative estimate of drug-likeness (QED) is 0.0647. The zero-order valence-electron chi connectivity index (χ0n) is 36.2. The zero-order valence-corrected chi connectivity index (χ0v) is 40.6. The molecule has 0 heterocycles. The first kappa shape index (κ1) is 51.8. The van der Waals surface area contributed by atoms with Crippen LogP contribution in [0.25, 0.3) is 42.6 Å². The summed E-state index contributed by atoms with van der Waals surface area (Å²) in [6.45, 7) is 36.3. The topological polar surface area (TPSA) is 146 Å². The molecule has 4 rings (SSSR count). The molecule has 0 aliphatic carbocycles. The predicted molar refractivity (Wildman–Crippen MR) is 246 cm³/mol. The van der Waals surface area contributed by atoms with Gasteiger partial charge in [0.25, 0.3) is 0 Å². The minimum absolute atomic E-state index is 0. The summed E-state index contributed by atoms with van der Waals surface area (Å²) in [6, 6.07) is 22.5. The second-order valence-corrected chi connectivity index (χ2v) is 23.0. The Kier molecular flexibility index (Phi) is 23.7. The predicted octanol–water partition coefficient (Wildman–Crippen LogP) is 15.6. The molecular formula is C44H64N8P2Zr+2. The monoisotopic (exact) mass is 856 g/mol. The second kappa shape index (κ2) is 25.2. The molecule has 0 bridgehead atoms. The van der Waals surface area contributed by atoms with Crippen LogP contribution in [0, 0.1) is 55.4 Å². The van der Waals surface area contributed by atoms with Crippen LogP contribution in [0.2, 0.25) is 0 Å². The molecule has 0 N–H and O–H groups in total. The van der Waals surface area contributed by atoms with E-state index in [9.17, 15) is 0 Å². The molecule has 0 fully saturated rings. The Morgan fingerprint density at radius 3 is 0.873 bits per heavy atom. The van der Waals surface area contributed by atoms with Gasteiger partial charge in [0.2, 0.25) is 0 Å². The van der Waals surface area contributed by atoms with Crippen molar-refractivity contribution in [1.82, 2.24) is 0 Å². The Labute approximate surface area is 354 Å². The van der Waals surface area contributed by atoms with Gasteiger partial charge in [-0.05, 0) is 134 Å². The molecule has 0 aliphatic heterocycles. The first-order valence-electron chi connectivity index (χ1n) is 18.8. The number of rotatable bonds is 10. The van der Waals surface area contributed by atoms with Gasteiger partial charge in [0, 0.05) is 15.8 Å². The molecule has 292 valence electrons. The fourth-order valence-corrected chi connectivity index (χ4v) is 14.3. The third-order valence-corrected chi connectivity index (χ3v) is 16.2. The molecule has 0 aliphatic rings. The van der Waals surface area contributed by atoms with Crippen LogP contribution in [-0.2, 0) is 26.2 Å². The summed E-state index contributed by atoms with van der Waals surface area (Å²) in [6.07, 6.45) is 0. The van der Waals surface area contributed by atoms with E-state index in [1.165, 1.54) is 76.3 Å². The zero-order chi connectivity index (χ0) is 41.4. The van der Waals surface area contributed by atoms with Crippen molar-refractivity contribution < 1.29 is 26.2 Å². The van der Waals surface area contributed by atoms with Crippen molar-refractivity contribution in [3.63, 3.8) is 0 Å². The van der Waals surface area contributed by atoms with Gasteiger partial charge in [-0.1, -0.05) is 93.3 Å². The standard InChI is InChI=1S/2C22H31NP.2N3.Zr/c2*1-14(2)24(15(3)4)21-13-16(5)9-10-20(21)23-22-18(7)11-17(6)12-19(22)8;2*1-3-2;/h2*9-15H,1-8H3;;;/q4*-1;+4/p+2. The van der Waals surface area contributed by atoms with Crippen LogP contribution in [-0.4, -0.2) is 22.6 Å². The van der Waals surface area contributed by atoms with Gasteiger partial charge in [-0.3, -0.25) is 9.82 Å². The third kappa shape index (κ3) is 16.1. The van der Waals surface area contributed by atoms with E-state index in [1.54, 1.807) is 0 Å². The molecule has 55 heavy (non-hydrogen) atoms. The van der Waals surface area contributed by atoms with Crippen molar-refractivity contribution >= 4 is 49.2 Å². The average Bonchev–Trinajstić information content (AvgIpc) is 3.03. The molecule has 4 aromatic rings. The molecule has 0 saturated heterocycles. The summed E-state index contributed by atoms with van der Waals surface area (Å²) in [4.78, 5) is 3.00. The molecule has 0 atom stereocenters. The van der Waals surface area contributed by atoms with Gasteiger partial charge in [-0.15, -0.1) is 11.4 Å². The Balaban J connectivity index is 0.000000913. The van der Waals surface area contributed by atoms with E-state index in [4.69, 9.17) is 32.8 Å². The van der Waals surface area contributed by atoms with E-state index in [1.807, 2.05) is 0 Å². The molecule has 4 aromatic carbocycles. The Hall–Kier alpha value is -3.16. The summed E-state index contributed by atoms with van der Waals surface area (Å²) in [5, 5.41) is 13.2. The van der Waals surface area contributed by atoms with Crippen LogP contribution < -0.4 is 10.6 Å². The summed E-state index contributed by atoms with van der Waals surface area (Å²) in [5.41, 5.74) is 44.8. The van der Waals surface area contributed by atoms with E-state index < -0.39 is 15.8 Å². The molecule has 0 amide bonds. The number of hydrogen-bond acceptors (Lipinski definition) is 0. The van der Waals surface area contributed by atoms with Gasteiger partial charge in [-0.2, -0.15) is 0 Å². The Bertz CT molecular complexity index is 1690. The van der Waals surface area contributed by atoms with Crippen molar-refractivity contribution in [2.24, 2.45) is 0 Å². The van der Waals surface area contributed by atoms with Crippen molar-refractivity contribution in [3.05, 3.63) is 148 Å². The van der Waals surface area contributed by atoms with Crippen molar-refractivity contribution in [1.29, 1.82) is 0 Å². The molecule has 0 radical (unpaired) electrons. The maximum atomic E-state index is 6.75. The normalized spacial score (nSPS) is 10.4. The molecular weight excluding hydrogens is 794 g/mol. The Morgan fingerprint density at radius 1 is 0.418 bits per heavy atom. The fourth-order valence-electron chi connectivity index (χ4n) is 7.47. The van der Waals surface area contributed by atoms with E-state index >= 15 is 0 Å². The molecule has 0 aromatic heterocycles. The number of aryl methyl sites for hydroxylation is 8. The largest absolute Gasteiger partial charge is 4.00 e. The number of nitrogens with zero attached hydrogens (tertiary/aromatic N) is 8. The van der Waals surface area contributed by atoms with E-state index in [-0.39, 0.29) is 26.2 Å². The molecule has 8 nitrogen and oxygen atoms in total. The van der Waals surface area contributed by atoms with Crippen LogP contribution in [0.1, 0.15) is 99.9 Å². The van der Waals surface area contributed by atoms with E-state index in [0.717, 1.165) is 11.4 Å². The van der Waals surface area contributed by atoms with Gasteiger partial charge in [-0.25, -0.2) is 0 Å². The van der Waals surface area contributed by atoms with Gasteiger partial charge in [0.15, 0.2) is 0 Å². The van der Waals surface area contributed by atoms with Gasteiger partial charge in [0.1, 0.15) is 0 Å². The van der Waals surface area contributed by atoms with Gasteiger partial charge in [0.05, 0.1) is 33.2 Å². The van der Waals surface area contributed by atoms with Crippen LogP contribution in [0.3, 0.4) is 0 Å². The van der Waals surface area contributed by atoms with Crippen molar-refractivity contribution in [2.45, 2.75) is 133 Å². The number of hydrogen-bond donors (Lipinski definition) is 0. The molecule has 0 unspecified atom stereocenters. The second-order valence-electron chi connectivity index (χ2n) is 15.5. The van der Waals surface area contributed by atoms with Crippen LogP contribution >= 0.6 is 15.8 Å². The van der Waals surface area contributed by atoms with Crippen LogP contribution in [0.5, 0.6) is 0 Å². The Morgan fingerprint density at radius 2 is 0.655 bits per heavy atom. The van der Waals surface area contributed by atoms with Crippen molar-refractivity contribution in [3.8, 4) is 0 Å². The van der Waals surface area contributed by atoms with Gasteiger partial charge >= 0.3 is 26.2 Å². The smallest absolute Gasteiger partial charge is 0.654 e. The van der Waals surface area contributed by atoms with Crippen LogP contribution in [0.4, 0.5) is 22.7 Å². The minimum atomic E-state index is -0.654. The molecule has 0 spiro atoms. The number of benzene rings is 4. The summed E-state index contributed by atoms with van der Waals surface area (Å²) < 4.78 is 0. The minimum Gasteiger partial charge on any atom is -0.654 e. The molecule has 0 saturated carbocycles. The van der Waals surface area contributed by atoms with Gasteiger partial charge < -0.3 is 32.8 Å². The SMILES string of the molecule is Cc1cc(C)c([N-]c2ccc(C)cc2[PH+](C(C)C)C(C)C)c(C)c1.Cc1cc(C)c([N-]c2ccc(C)cc2[PH+](C(C)C)C(C)C)c(C)c1.[N-]=[N+]=[N-].[N-]=[N+]=[N-].[Zr+4]. The summed E-state index contributed by atoms with van der Waals surface area (Å²) >= 11 is 0. The molecule has 11 heteroatoms. The van der Waals surface area contributed by atoms with E-state index in [0.29, 0.717) is 22.6 Å². The van der Waals surface area contributed by atoms with E-state index in [2.05, 4.69) is 171 Å². The summed E-state index contributed by atoms with van der Waals surface area (Å²) in [5.74, 6) is 0. The first-order valence-corrected chi connectivity index (χ1v) is 22.1. The van der Waals surface area contributed by atoms with Crippen LogP contribution in [0.15, 0.2) is 60.7 Å². The third-order valence-electron chi connectivity index (χ3n) is 9.15. The fraction of sp³-hybridized carbons (Fsp3) is 0.455. The van der Waals surface area contributed by atoms with Crippen molar-refractivity contribution in [2.75, 3.05) is 0 Å². The maximum absolute atomic E-state index is 6.75. The average molecular weight is 858 g/mol. The maximum Gasteiger partial charge on any atom is 4.00 e. The first-order chi connectivity index (χ1) is 25.2. The summed E-state index contributed by atoms with van der Waals surface area (Å²) in [7, 11) is -1.31.